The number of rotatable bonds is 4. The maximum Gasteiger partial charge on any atom is 0.0891 e. The van der Waals surface area contributed by atoms with Gasteiger partial charge in [-0.2, -0.15) is 0 Å². The first kappa shape index (κ1) is 8.97. The van der Waals surface area contributed by atoms with Crippen LogP contribution in [0.3, 0.4) is 0 Å². The predicted octanol–water partition coefficient (Wildman–Crippen LogP) is 1.36. The van der Waals surface area contributed by atoms with Gasteiger partial charge in [0, 0.05) is 11.8 Å². The van der Waals surface area contributed by atoms with Gasteiger partial charge in [0.2, 0.25) is 0 Å². The van der Waals surface area contributed by atoms with Gasteiger partial charge in [-0.1, -0.05) is 0 Å². The van der Waals surface area contributed by atoms with Crippen molar-refractivity contribution in [3.8, 4) is 0 Å². The second-order valence-corrected chi connectivity index (χ2v) is 5.49. The number of epoxide rings is 2. The van der Waals surface area contributed by atoms with Crippen molar-refractivity contribution >= 4 is 0 Å². The Kier molecular flexibility index (Phi) is 1.91. The number of ether oxygens (including phenoxy) is 3. The summed E-state index contributed by atoms with van der Waals surface area (Å²) in [4.78, 5) is 0. The zero-order chi connectivity index (χ0) is 9.83. The molecule has 0 spiro atoms. The molecule has 2 aliphatic carbocycles. The SMILES string of the molecule is C1CC2OC2C1COCC1CCC2OC12. The lowest BCUT2D eigenvalue weighted by Crippen LogP contribution is -2.18. The van der Waals surface area contributed by atoms with E-state index in [1.807, 2.05) is 0 Å². The molecule has 0 aromatic carbocycles. The molecule has 6 unspecified atom stereocenters. The second kappa shape index (κ2) is 3.19. The van der Waals surface area contributed by atoms with Crippen LogP contribution in [-0.4, -0.2) is 37.6 Å². The summed E-state index contributed by atoms with van der Waals surface area (Å²) in [5, 5.41) is 0. The van der Waals surface area contributed by atoms with Gasteiger partial charge in [0.15, 0.2) is 0 Å². The van der Waals surface area contributed by atoms with E-state index in [1.54, 1.807) is 0 Å². The number of fused-ring (bicyclic) bond motifs is 2. The van der Waals surface area contributed by atoms with Crippen LogP contribution in [0.25, 0.3) is 0 Å². The van der Waals surface area contributed by atoms with Gasteiger partial charge in [0.25, 0.3) is 0 Å². The van der Waals surface area contributed by atoms with Gasteiger partial charge in [0.1, 0.15) is 0 Å². The third kappa shape index (κ3) is 1.52. The molecule has 6 atom stereocenters. The Morgan fingerprint density at radius 1 is 0.800 bits per heavy atom. The Bertz CT molecular complexity index is 242. The van der Waals surface area contributed by atoms with Gasteiger partial charge in [0.05, 0.1) is 37.6 Å². The zero-order valence-corrected chi connectivity index (χ0v) is 8.93. The Morgan fingerprint density at radius 2 is 1.33 bits per heavy atom. The zero-order valence-electron chi connectivity index (χ0n) is 8.93. The Balaban J connectivity index is 1.21. The second-order valence-electron chi connectivity index (χ2n) is 5.49. The molecule has 2 aliphatic heterocycles. The van der Waals surface area contributed by atoms with E-state index < -0.39 is 0 Å². The molecule has 84 valence electrons. The molecule has 3 heteroatoms. The van der Waals surface area contributed by atoms with Crippen molar-refractivity contribution in [1.82, 2.24) is 0 Å². The van der Waals surface area contributed by atoms with Crippen LogP contribution < -0.4 is 0 Å². The van der Waals surface area contributed by atoms with Crippen LogP contribution in [0.15, 0.2) is 0 Å². The molecule has 0 radical (unpaired) electrons. The molecule has 4 aliphatic rings. The average molecular weight is 210 g/mol. The van der Waals surface area contributed by atoms with Gasteiger partial charge in [-0.15, -0.1) is 0 Å². The minimum absolute atomic E-state index is 0.554. The summed E-state index contributed by atoms with van der Waals surface area (Å²) in [6, 6.07) is 0. The molecular weight excluding hydrogens is 192 g/mol. The van der Waals surface area contributed by atoms with Crippen LogP contribution in [0, 0.1) is 11.8 Å². The average Bonchev–Trinajstić information content (AvgIpc) is 3.13. The molecule has 0 N–H and O–H groups in total. The third-order valence-electron chi connectivity index (χ3n) is 4.48. The van der Waals surface area contributed by atoms with E-state index in [9.17, 15) is 0 Å². The molecule has 0 bridgehead atoms. The molecule has 0 aromatic heterocycles. The molecule has 2 saturated heterocycles. The Labute approximate surface area is 90.1 Å². The van der Waals surface area contributed by atoms with Gasteiger partial charge >= 0.3 is 0 Å². The first-order valence-electron chi connectivity index (χ1n) is 6.30. The van der Waals surface area contributed by atoms with Crippen LogP contribution in [-0.2, 0) is 14.2 Å². The van der Waals surface area contributed by atoms with Crippen LogP contribution in [0.5, 0.6) is 0 Å². The predicted molar refractivity (Wildman–Crippen MR) is 53.6 cm³/mol. The van der Waals surface area contributed by atoms with Gasteiger partial charge in [-0.05, 0) is 25.7 Å². The van der Waals surface area contributed by atoms with Gasteiger partial charge < -0.3 is 14.2 Å². The highest BCUT2D eigenvalue weighted by atomic mass is 16.6. The van der Waals surface area contributed by atoms with Crippen molar-refractivity contribution in [1.29, 1.82) is 0 Å². The van der Waals surface area contributed by atoms with Crippen molar-refractivity contribution in [3.63, 3.8) is 0 Å². The molecule has 2 heterocycles. The highest BCUT2D eigenvalue weighted by Crippen LogP contribution is 2.44. The lowest BCUT2D eigenvalue weighted by atomic mass is 10.1. The molecule has 0 amide bonds. The molecule has 4 fully saturated rings. The maximum absolute atomic E-state index is 5.84. The highest BCUT2D eigenvalue weighted by molar-refractivity contribution is 4.98. The molecule has 15 heavy (non-hydrogen) atoms. The summed E-state index contributed by atoms with van der Waals surface area (Å²) in [6.45, 7) is 1.82. The Hall–Kier alpha value is -0.120. The van der Waals surface area contributed by atoms with E-state index in [0.717, 1.165) is 13.2 Å². The van der Waals surface area contributed by atoms with Crippen LogP contribution in [0.4, 0.5) is 0 Å². The lowest BCUT2D eigenvalue weighted by molar-refractivity contribution is 0.0491. The minimum atomic E-state index is 0.554. The lowest BCUT2D eigenvalue weighted by Gasteiger charge is -2.14. The molecular formula is C12H18O3. The smallest absolute Gasteiger partial charge is 0.0891 e. The quantitative estimate of drug-likeness (QED) is 0.657. The summed E-state index contributed by atoms with van der Waals surface area (Å²) in [5.41, 5.74) is 0. The summed E-state index contributed by atoms with van der Waals surface area (Å²) >= 11 is 0. The highest BCUT2D eigenvalue weighted by Gasteiger charge is 2.51. The van der Waals surface area contributed by atoms with Crippen molar-refractivity contribution in [2.45, 2.75) is 50.1 Å². The molecule has 3 nitrogen and oxygen atoms in total. The normalized spacial score (nSPS) is 55.2. The molecule has 4 rings (SSSR count). The van der Waals surface area contributed by atoms with Crippen LogP contribution in [0.2, 0.25) is 0 Å². The van der Waals surface area contributed by atoms with E-state index in [4.69, 9.17) is 14.2 Å². The summed E-state index contributed by atoms with van der Waals surface area (Å²) in [5.74, 6) is 1.37. The standard InChI is InChI=1S/C12H18O3/c1-3-9-11(14-9)7(1)5-13-6-8-2-4-10-12(8)15-10/h7-12H,1-6H2. The fraction of sp³-hybridized carbons (Fsp3) is 1.00. The molecule has 2 saturated carbocycles. The summed E-state index contributed by atoms with van der Waals surface area (Å²) in [6.07, 6.45) is 7.44. The third-order valence-corrected chi connectivity index (χ3v) is 4.48. The van der Waals surface area contributed by atoms with Gasteiger partial charge in [-0.25, -0.2) is 0 Å². The van der Waals surface area contributed by atoms with Crippen molar-refractivity contribution in [2.75, 3.05) is 13.2 Å². The summed E-state index contributed by atoms with van der Waals surface area (Å²) in [7, 11) is 0. The minimum Gasteiger partial charge on any atom is -0.381 e. The van der Waals surface area contributed by atoms with Crippen molar-refractivity contribution in [3.05, 3.63) is 0 Å². The van der Waals surface area contributed by atoms with Crippen molar-refractivity contribution in [2.24, 2.45) is 11.8 Å². The first-order valence-corrected chi connectivity index (χ1v) is 6.30. The number of hydrogen-bond donors (Lipinski definition) is 0. The van der Waals surface area contributed by atoms with E-state index in [0.29, 0.717) is 36.3 Å². The van der Waals surface area contributed by atoms with E-state index in [1.165, 1.54) is 25.7 Å². The van der Waals surface area contributed by atoms with E-state index in [-0.39, 0.29) is 0 Å². The van der Waals surface area contributed by atoms with Crippen LogP contribution >= 0.6 is 0 Å². The number of hydrogen-bond acceptors (Lipinski definition) is 3. The monoisotopic (exact) mass is 210 g/mol. The molecule has 0 aromatic rings. The van der Waals surface area contributed by atoms with E-state index in [2.05, 4.69) is 0 Å². The van der Waals surface area contributed by atoms with E-state index >= 15 is 0 Å². The fourth-order valence-electron chi connectivity index (χ4n) is 3.42. The fourth-order valence-corrected chi connectivity index (χ4v) is 3.42. The van der Waals surface area contributed by atoms with Crippen molar-refractivity contribution < 1.29 is 14.2 Å². The maximum atomic E-state index is 5.84. The largest absolute Gasteiger partial charge is 0.381 e. The van der Waals surface area contributed by atoms with Gasteiger partial charge in [-0.3, -0.25) is 0 Å². The topological polar surface area (TPSA) is 34.3 Å². The summed E-state index contributed by atoms with van der Waals surface area (Å²) < 4.78 is 16.9. The Morgan fingerprint density at radius 3 is 1.67 bits per heavy atom. The van der Waals surface area contributed by atoms with Crippen LogP contribution in [0.1, 0.15) is 25.7 Å². The first-order chi connectivity index (χ1) is 7.42.